The molecule has 1 aliphatic heterocycles. The Balaban J connectivity index is 1.88. The highest BCUT2D eigenvalue weighted by atomic mass is 16.6. The van der Waals surface area contributed by atoms with E-state index >= 15 is 0 Å². The molecule has 0 atom stereocenters. The summed E-state index contributed by atoms with van der Waals surface area (Å²) in [7, 11) is 0. The van der Waals surface area contributed by atoms with Gasteiger partial charge in [-0.3, -0.25) is 5.32 Å². The van der Waals surface area contributed by atoms with Crippen molar-refractivity contribution in [2.24, 2.45) is 0 Å². The molecule has 128 valence electrons. The van der Waals surface area contributed by atoms with Crippen molar-refractivity contribution in [3.05, 3.63) is 24.3 Å². The van der Waals surface area contributed by atoms with Crippen molar-refractivity contribution in [1.29, 1.82) is 0 Å². The zero-order valence-electron chi connectivity index (χ0n) is 14.7. The van der Waals surface area contributed by atoms with E-state index in [2.05, 4.69) is 22.5 Å². The van der Waals surface area contributed by atoms with Crippen LogP contribution in [0.1, 0.15) is 40.5 Å². The number of ether oxygens (including phenoxy) is 1. The summed E-state index contributed by atoms with van der Waals surface area (Å²) in [6.45, 7) is 11.2. The van der Waals surface area contributed by atoms with Crippen molar-refractivity contribution < 1.29 is 9.53 Å². The SMILES string of the molecule is CCN1CCC(Nc2cccc(NC(=O)OC(C)(C)C)c2)CC1. The topological polar surface area (TPSA) is 53.6 Å². The maximum Gasteiger partial charge on any atom is 0.412 e. The van der Waals surface area contributed by atoms with Crippen LogP contribution in [0.2, 0.25) is 0 Å². The van der Waals surface area contributed by atoms with Crippen LogP contribution in [0.25, 0.3) is 0 Å². The number of likely N-dealkylation sites (tertiary alicyclic amines) is 1. The molecule has 1 aliphatic rings. The monoisotopic (exact) mass is 319 g/mol. The lowest BCUT2D eigenvalue weighted by molar-refractivity contribution is 0.0636. The van der Waals surface area contributed by atoms with Gasteiger partial charge in [-0.25, -0.2) is 4.79 Å². The van der Waals surface area contributed by atoms with Crippen molar-refractivity contribution in [3.63, 3.8) is 0 Å². The summed E-state index contributed by atoms with van der Waals surface area (Å²) in [4.78, 5) is 14.3. The van der Waals surface area contributed by atoms with Gasteiger partial charge in [-0.2, -0.15) is 0 Å². The zero-order chi connectivity index (χ0) is 16.9. The smallest absolute Gasteiger partial charge is 0.412 e. The minimum absolute atomic E-state index is 0.425. The van der Waals surface area contributed by atoms with Crippen LogP contribution in [-0.2, 0) is 4.74 Å². The zero-order valence-corrected chi connectivity index (χ0v) is 14.7. The van der Waals surface area contributed by atoms with E-state index in [1.54, 1.807) is 0 Å². The highest BCUT2D eigenvalue weighted by Crippen LogP contribution is 2.20. The van der Waals surface area contributed by atoms with Crippen LogP contribution in [-0.4, -0.2) is 42.3 Å². The Kier molecular flexibility index (Phi) is 5.88. The van der Waals surface area contributed by atoms with Gasteiger partial charge in [0, 0.05) is 30.5 Å². The molecule has 0 unspecified atom stereocenters. The third kappa shape index (κ3) is 6.10. The normalized spacial score (nSPS) is 16.9. The van der Waals surface area contributed by atoms with Gasteiger partial charge in [0.15, 0.2) is 0 Å². The number of amides is 1. The predicted octanol–water partition coefficient (Wildman–Crippen LogP) is 3.93. The third-order valence-electron chi connectivity index (χ3n) is 3.91. The number of nitrogens with one attached hydrogen (secondary N) is 2. The molecule has 0 bridgehead atoms. The van der Waals surface area contributed by atoms with Gasteiger partial charge >= 0.3 is 6.09 Å². The summed E-state index contributed by atoms with van der Waals surface area (Å²) in [6, 6.07) is 8.29. The molecule has 1 aromatic carbocycles. The molecule has 1 heterocycles. The van der Waals surface area contributed by atoms with Crippen LogP contribution in [0.15, 0.2) is 24.3 Å². The number of piperidine rings is 1. The van der Waals surface area contributed by atoms with Gasteiger partial charge < -0.3 is 15.0 Å². The lowest BCUT2D eigenvalue weighted by Gasteiger charge is -2.32. The molecule has 0 aliphatic carbocycles. The fourth-order valence-electron chi connectivity index (χ4n) is 2.74. The van der Waals surface area contributed by atoms with Gasteiger partial charge in [0.25, 0.3) is 0 Å². The highest BCUT2D eigenvalue weighted by Gasteiger charge is 2.18. The molecular weight excluding hydrogens is 290 g/mol. The van der Waals surface area contributed by atoms with Gasteiger partial charge in [-0.1, -0.05) is 13.0 Å². The van der Waals surface area contributed by atoms with Crippen LogP contribution >= 0.6 is 0 Å². The van der Waals surface area contributed by atoms with Crippen LogP contribution in [0.3, 0.4) is 0 Å². The molecular formula is C18H29N3O2. The van der Waals surface area contributed by atoms with E-state index in [1.807, 2.05) is 45.0 Å². The molecule has 1 saturated heterocycles. The lowest BCUT2D eigenvalue weighted by atomic mass is 10.0. The van der Waals surface area contributed by atoms with E-state index in [1.165, 1.54) is 0 Å². The molecule has 0 radical (unpaired) electrons. The summed E-state index contributed by atoms with van der Waals surface area (Å²) < 4.78 is 5.28. The maximum absolute atomic E-state index is 11.8. The van der Waals surface area contributed by atoms with Gasteiger partial charge in [0.05, 0.1) is 0 Å². The van der Waals surface area contributed by atoms with E-state index < -0.39 is 11.7 Å². The lowest BCUT2D eigenvalue weighted by Crippen LogP contribution is -2.38. The first-order chi connectivity index (χ1) is 10.9. The van der Waals surface area contributed by atoms with Crippen LogP contribution in [0, 0.1) is 0 Å². The number of nitrogens with zero attached hydrogens (tertiary/aromatic N) is 1. The van der Waals surface area contributed by atoms with Gasteiger partial charge in [0.2, 0.25) is 0 Å². The molecule has 2 rings (SSSR count). The number of hydrogen-bond acceptors (Lipinski definition) is 4. The molecule has 1 aromatic rings. The van der Waals surface area contributed by atoms with Crippen molar-refractivity contribution in [2.75, 3.05) is 30.3 Å². The third-order valence-corrected chi connectivity index (χ3v) is 3.91. The average Bonchev–Trinajstić information content (AvgIpc) is 2.46. The highest BCUT2D eigenvalue weighted by molar-refractivity contribution is 5.85. The first kappa shape index (κ1) is 17.6. The molecule has 0 spiro atoms. The standard InChI is InChI=1S/C18H29N3O2/c1-5-21-11-9-14(10-12-21)19-15-7-6-8-16(13-15)20-17(22)23-18(2,3)4/h6-8,13-14,19H,5,9-12H2,1-4H3,(H,20,22). The Bertz CT molecular complexity index is 517. The molecule has 1 fully saturated rings. The number of hydrogen-bond donors (Lipinski definition) is 2. The Morgan fingerprint density at radius 1 is 1.26 bits per heavy atom. The molecule has 1 amide bonds. The van der Waals surface area contributed by atoms with Crippen molar-refractivity contribution in [2.45, 2.75) is 52.2 Å². The second-order valence-corrected chi connectivity index (χ2v) is 7.06. The van der Waals surface area contributed by atoms with E-state index in [0.717, 1.165) is 43.9 Å². The molecule has 0 saturated carbocycles. The van der Waals surface area contributed by atoms with E-state index in [4.69, 9.17) is 4.74 Å². The van der Waals surface area contributed by atoms with Gasteiger partial charge in [-0.15, -0.1) is 0 Å². The molecule has 0 aromatic heterocycles. The summed E-state index contributed by atoms with van der Waals surface area (Å²) >= 11 is 0. The first-order valence-corrected chi connectivity index (χ1v) is 8.44. The summed E-state index contributed by atoms with van der Waals surface area (Å²) in [6.07, 6.45) is 1.88. The van der Waals surface area contributed by atoms with Gasteiger partial charge in [0.1, 0.15) is 5.60 Å². The summed E-state index contributed by atoms with van der Waals surface area (Å²) in [5.41, 5.74) is 1.29. The second kappa shape index (κ2) is 7.68. The predicted molar refractivity (Wildman–Crippen MR) is 95.1 cm³/mol. The summed E-state index contributed by atoms with van der Waals surface area (Å²) in [5, 5.41) is 6.35. The summed E-state index contributed by atoms with van der Waals surface area (Å²) in [5.74, 6) is 0. The fraction of sp³-hybridized carbons (Fsp3) is 0.611. The molecule has 2 N–H and O–H groups in total. The van der Waals surface area contributed by atoms with E-state index in [9.17, 15) is 4.79 Å². The molecule has 5 nitrogen and oxygen atoms in total. The number of rotatable bonds is 4. The number of benzene rings is 1. The van der Waals surface area contributed by atoms with Crippen molar-refractivity contribution in [1.82, 2.24) is 4.90 Å². The minimum atomic E-state index is -0.493. The van der Waals surface area contributed by atoms with Crippen LogP contribution in [0.4, 0.5) is 16.2 Å². The second-order valence-electron chi connectivity index (χ2n) is 7.06. The first-order valence-electron chi connectivity index (χ1n) is 8.44. The minimum Gasteiger partial charge on any atom is -0.444 e. The van der Waals surface area contributed by atoms with Crippen LogP contribution < -0.4 is 10.6 Å². The van der Waals surface area contributed by atoms with Crippen molar-refractivity contribution in [3.8, 4) is 0 Å². The Hall–Kier alpha value is -1.75. The van der Waals surface area contributed by atoms with Crippen molar-refractivity contribution >= 4 is 17.5 Å². The quantitative estimate of drug-likeness (QED) is 0.883. The average molecular weight is 319 g/mol. The van der Waals surface area contributed by atoms with E-state index in [-0.39, 0.29) is 0 Å². The number of carbonyl (C=O) groups is 1. The fourth-order valence-corrected chi connectivity index (χ4v) is 2.74. The van der Waals surface area contributed by atoms with E-state index in [0.29, 0.717) is 6.04 Å². The van der Waals surface area contributed by atoms with Crippen LogP contribution in [0.5, 0.6) is 0 Å². The molecule has 5 heteroatoms. The number of carbonyl (C=O) groups excluding carboxylic acids is 1. The largest absolute Gasteiger partial charge is 0.444 e. The Morgan fingerprint density at radius 2 is 1.91 bits per heavy atom. The number of anilines is 2. The van der Waals surface area contributed by atoms with Gasteiger partial charge in [-0.05, 0) is 58.4 Å². The Labute approximate surface area is 139 Å². The molecule has 23 heavy (non-hydrogen) atoms. The maximum atomic E-state index is 11.8. The Morgan fingerprint density at radius 3 is 2.52 bits per heavy atom.